The topological polar surface area (TPSA) is 81.0 Å². The fourth-order valence-corrected chi connectivity index (χ4v) is 4.11. The van der Waals surface area contributed by atoms with Gasteiger partial charge in [-0.1, -0.05) is 30.0 Å². The van der Waals surface area contributed by atoms with Gasteiger partial charge in [0.15, 0.2) is 0 Å². The number of imide groups is 1. The average Bonchev–Trinajstić information content (AvgIpc) is 3.34. The van der Waals surface area contributed by atoms with Gasteiger partial charge in [-0.05, 0) is 34.0 Å². The molecular weight excluding hydrogens is 358 g/mol. The Hall–Kier alpha value is -2.52. The zero-order valence-electron chi connectivity index (χ0n) is 13.0. The van der Waals surface area contributed by atoms with E-state index < -0.39 is 0 Å². The first-order chi connectivity index (χ1) is 12.2. The van der Waals surface area contributed by atoms with Crippen molar-refractivity contribution in [2.45, 2.75) is 11.7 Å². The van der Waals surface area contributed by atoms with Gasteiger partial charge in [-0.3, -0.25) is 14.5 Å². The Morgan fingerprint density at radius 3 is 2.48 bits per heavy atom. The molecule has 1 aromatic carbocycles. The summed E-state index contributed by atoms with van der Waals surface area (Å²) in [5, 5.41) is 14.4. The van der Waals surface area contributed by atoms with Crippen molar-refractivity contribution in [2.24, 2.45) is 0 Å². The minimum Gasteiger partial charge on any atom is -0.273 e. The van der Waals surface area contributed by atoms with Gasteiger partial charge in [0.1, 0.15) is 0 Å². The van der Waals surface area contributed by atoms with Gasteiger partial charge in [-0.25, -0.2) is 4.68 Å². The first kappa shape index (κ1) is 16.0. The molecule has 7 nitrogen and oxygen atoms in total. The number of rotatable bonds is 6. The summed E-state index contributed by atoms with van der Waals surface area (Å²) in [6.07, 6.45) is 0. The smallest absolute Gasteiger partial charge is 0.261 e. The van der Waals surface area contributed by atoms with Crippen LogP contribution < -0.4 is 0 Å². The number of hydrogen-bond donors (Lipinski definition) is 0. The number of nitrogens with zero attached hydrogens (tertiary/aromatic N) is 5. The molecule has 3 heterocycles. The second-order valence-corrected chi connectivity index (χ2v) is 7.45. The van der Waals surface area contributed by atoms with Crippen LogP contribution in [0.15, 0.2) is 46.9 Å². The normalized spacial score (nSPS) is 13.5. The third-order valence-electron chi connectivity index (χ3n) is 3.81. The fraction of sp³-hybridized carbons (Fsp3) is 0.188. The van der Waals surface area contributed by atoms with Gasteiger partial charge in [-0.2, -0.15) is 0 Å². The highest BCUT2D eigenvalue weighted by atomic mass is 32.2. The summed E-state index contributed by atoms with van der Waals surface area (Å²) in [6.45, 7) is 0.933. The maximum absolute atomic E-state index is 12.3. The van der Waals surface area contributed by atoms with Crippen molar-refractivity contribution in [1.82, 2.24) is 25.1 Å². The van der Waals surface area contributed by atoms with Crippen LogP contribution in [0.2, 0.25) is 0 Å². The van der Waals surface area contributed by atoms with Crippen molar-refractivity contribution < 1.29 is 9.59 Å². The lowest BCUT2D eigenvalue weighted by Crippen LogP contribution is -2.31. The van der Waals surface area contributed by atoms with Crippen LogP contribution in [0, 0.1) is 0 Å². The summed E-state index contributed by atoms with van der Waals surface area (Å²) in [5.74, 6) is 0.0646. The highest BCUT2D eigenvalue weighted by molar-refractivity contribution is 7.99. The lowest BCUT2D eigenvalue weighted by atomic mass is 10.1. The number of fused-ring (bicyclic) bond motifs is 1. The largest absolute Gasteiger partial charge is 0.273 e. The molecule has 0 atom stereocenters. The van der Waals surface area contributed by atoms with Gasteiger partial charge in [-0.15, -0.1) is 16.4 Å². The van der Waals surface area contributed by atoms with Gasteiger partial charge in [0.25, 0.3) is 11.8 Å². The monoisotopic (exact) mass is 371 g/mol. The average molecular weight is 371 g/mol. The van der Waals surface area contributed by atoms with E-state index in [1.54, 1.807) is 40.3 Å². The quantitative estimate of drug-likeness (QED) is 0.488. The van der Waals surface area contributed by atoms with Gasteiger partial charge in [0.2, 0.25) is 5.16 Å². The molecular formula is C16H13N5O2S2. The zero-order chi connectivity index (χ0) is 17.2. The highest BCUT2D eigenvalue weighted by Gasteiger charge is 2.34. The van der Waals surface area contributed by atoms with Gasteiger partial charge >= 0.3 is 0 Å². The summed E-state index contributed by atoms with van der Waals surface area (Å²) in [7, 11) is 0. The number of benzene rings is 1. The highest BCUT2D eigenvalue weighted by Crippen LogP contribution is 2.24. The molecule has 0 radical (unpaired) electrons. The standard InChI is InChI=1S/C16H13N5O2S2/c22-14-12-5-1-2-6-13(12)15(23)20(14)7-9-25-16-17-18-19-21(16)10-11-4-3-8-24-11/h1-6,8H,7,9-10H2. The molecule has 4 rings (SSSR count). The van der Waals surface area contributed by atoms with Crippen molar-refractivity contribution in [1.29, 1.82) is 0 Å². The first-order valence-corrected chi connectivity index (χ1v) is 9.47. The third kappa shape index (κ3) is 3.08. The molecule has 0 saturated heterocycles. The van der Waals surface area contributed by atoms with Crippen LogP contribution >= 0.6 is 23.1 Å². The van der Waals surface area contributed by atoms with Crippen LogP contribution in [0.1, 0.15) is 25.6 Å². The maximum atomic E-state index is 12.3. The summed E-state index contributed by atoms with van der Waals surface area (Å²) in [6, 6.07) is 10.9. The number of carbonyl (C=O) groups excluding carboxylic acids is 2. The van der Waals surface area contributed by atoms with Crippen LogP contribution in [0.4, 0.5) is 0 Å². The molecule has 0 bridgehead atoms. The van der Waals surface area contributed by atoms with Crippen molar-refractivity contribution >= 4 is 34.9 Å². The first-order valence-electron chi connectivity index (χ1n) is 7.60. The molecule has 25 heavy (non-hydrogen) atoms. The van der Waals surface area contributed by atoms with E-state index in [-0.39, 0.29) is 11.8 Å². The predicted octanol–water partition coefficient (Wildman–Crippen LogP) is 2.17. The van der Waals surface area contributed by atoms with Crippen LogP contribution in [0.5, 0.6) is 0 Å². The van der Waals surface area contributed by atoms with Crippen molar-refractivity contribution in [2.75, 3.05) is 12.3 Å². The maximum Gasteiger partial charge on any atom is 0.261 e. The Bertz CT molecular complexity index is 887. The molecule has 0 spiro atoms. The summed E-state index contributed by atoms with van der Waals surface area (Å²) >= 11 is 3.08. The Balaban J connectivity index is 1.39. The number of tetrazole rings is 1. The minimum absolute atomic E-state index is 0.237. The molecule has 2 amide bonds. The Morgan fingerprint density at radius 2 is 1.80 bits per heavy atom. The van der Waals surface area contributed by atoms with E-state index in [1.807, 2.05) is 17.5 Å². The van der Waals surface area contributed by atoms with Gasteiger partial charge in [0, 0.05) is 17.2 Å². The lowest BCUT2D eigenvalue weighted by molar-refractivity contribution is 0.0664. The Kier molecular flexibility index (Phi) is 4.33. The van der Waals surface area contributed by atoms with Crippen LogP contribution in [0.25, 0.3) is 0 Å². The van der Waals surface area contributed by atoms with Crippen molar-refractivity contribution in [3.05, 3.63) is 57.8 Å². The summed E-state index contributed by atoms with van der Waals surface area (Å²) in [5.41, 5.74) is 0.944. The van der Waals surface area contributed by atoms with E-state index >= 15 is 0 Å². The fourth-order valence-electron chi connectivity index (χ4n) is 2.62. The molecule has 2 aromatic heterocycles. The number of carbonyl (C=O) groups is 2. The van der Waals surface area contributed by atoms with Crippen molar-refractivity contribution in [3.63, 3.8) is 0 Å². The molecule has 0 N–H and O–H groups in total. The molecule has 0 fully saturated rings. The van der Waals surface area contributed by atoms with E-state index in [9.17, 15) is 9.59 Å². The molecule has 0 saturated carbocycles. The number of hydrogen-bond acceptors (Lipinski definition) is 7. The Labute approximate surface area is 151 Å². The molecule has 1 aliphatic heterocycles. The zero-order valence-corrected chi connectivity index (χ0v) is 14.7. The van der Waals surface area contributed by atoms with Crippen LogP contribution in [0.3, 0.4) is 0 Å². The molecule has 9 heteroatoms. The molecule has 1 aliphatic rings. The van der Waals surface area contributed by atoms with E-state index in [1.165, 1.54) is 16.7 Å². The number of thiophene rings is 1. The third-order valence-corrected chi connectivity index (χ3v) is 5.61. The van der Waals surface area contributed by atoms with Crippen LogP contribution in [-0.4, -0.2) is 49.2 Å². The van der Waals surface area contributed by atoms with Gasteiger partial charge in [0.05, 0.1) is 17.7 Å². The molecule has 0 aliphatic carbocycles. The van der Waals surface area contributed by atoms with Crippen LogP contribution in [-0.2, 0) is 6.54 Å². The van der Waals surface area contributed by atoms with E-state index in [2.05, 4.69) is 15.5 Å². The van der Waals surface area contributed by atoms with Crippen molar-refractivity contribution in [3.8, 4) is 0 Å². The van der Waals surface area contributed by atoms with Gasteiger partial charge < -0.3 is 0 Å². The number of aromatic nitrogens is 4. The second kappa shape index (κ2) is 6.77. The molecule has 0 unspecified atom stereocenters. The summed E-state index contributed by atoms with van der Waals surface area (Å²) in [4.78, 5) is 27.1. The molecule has 126 valence electrons. The predicted molar refractivity (Wildman–Crippen MR) is 93.8 cm³/mol. The Morgan fingerprint density at radius 1 is 1.04 bits per heavy atom. The second-order valence-electron chi connectivity index (χ2n) is 5.35. The molecule has 3 aromatic rings. The lowest BCUT2D eigenvalue weighted by Gasteiger charge is -2.12. The van der Waals surface area contributed by atoms with E-state index in [0.717, 1.165) is 4.88 Å². The summed E-state index contributed by atoms with van der Waals surface area (Å²) < 4.78 is 1.72. The number of amides is 2. The minimum atomic E-state index is -0.237. The van der Waals surface area contributed by atoms with E-state index in [0.29, 0.717) is 35.1 Å². The SMILES string of the molecule is O=C1c2ccccc2C(=O)N1CCSc1nnnn1Cc1cccs1. The number of thioether (sulfide) groups is 1. The van der Waals surface area contributed by atoms with E-state index in [4.69, 9.17) is 0 Å².